The zero-order chi connectivity index (χ0) is 27.6. The molecule has 0 spiro atoms. The molecular formula is C32H20Cl2N4O2. The van der Waals surface area contributed by atoms with Crippen LogP contribution < -0.4 is 10.6 Å². The van der Waals surface area contributed by atoms with Gasteiger partial charge in [0.05, 0.1) is 43.6 Å². The normalized spacial score (nSPS) is 10.9. The third-order valence-electron chi connectivity index (χ3n) is 6.54. The molecule has 8 heteroatoms. The Bertz CT molecular complexity index is 1800. The van der Waals surface area contributed by atoms with Crippen LogP contribution in [0.2, 0.25) is 10.0 Å². The van der Waals surface area contributed by atoms with Gasteiger partial charge in [-0.05, 0) is 36.4 Å². The molecule has 2 amide bonds. The molecule has 0 aliphatic carbocycles. The molecule has 0 saturated carbocycles. The largest absolute Gasteiger partial charge is 0.321 e. The number of carbonyl (C=O) groups is 2. The second-order valence-corrected chi connectivity index (χ2v) is 9.81. The van der Waals surface area contributed by atoms with Gasteiger partial charge in [0, 0.05) is 34.3 Å². The molecule has 40 heavy (non-hydrogen) atoms. The molecule has 0 aliphatic heterocycles. The number of aromatic nitrogens is 2. The summed E-state index contributed by atoms with van der Waals surface area (Å²) >= 11 is 12.7. The molecular weight excluding hydrogens is 543 g/mol. The van der Waals surface area contributed by atoms with Crippen LogP contribution in [0.15, 0.2) is 109 Å². The summed E-state index contributed by atoms with van der Waals surface area (Å²) in [5.41, 5.74) is 3.78. The number of amides is 2. The van der Waals surface area contributed by atoms with Crippen molar-refractivity contribution >= 4 is 68.2 Å². The van der Waals surface area contributed by atoms with Crippen LogP contribution in [0.5, 0.6) is 0 Å². The van der Waals surface area contributed by atoms with Crippen LogP contribution in [0, 0.1) is 0 Å². The molecule has 0 atom stereocenters. The number of hydrogen-bond donors (Lipinski definition) is 2. The first kappa shape index (κ1) is 25.5. The van der Waals surface area contributed by atoms with Crippen LogP contribution in [-0.2, 0) is 0 Å². The van der Waals surface area contributed by atoms with Gasteiger partial charge in [0.2, 0.25) is 0 Å². The topological polar surface area (TPSA) is 84.0 Å². The van der Waals surface area contributed by atoms with Crippen molar-refractivity contribution in [1.82, 2.24) is 9.97 Å². The van der Waals surface area contributed by atoms with Crippen LogP contribution in [0.25, 0.3) is 32.9 Å². The molecule has 194 valence electrons. The molecule has 0 saturated heterocycles. The molecule has 2 N–H and O–H groups in total. The minimum Gasteiger partial charge on any atom is -0.321 e. The van der Waals surface area contributed by atoms with E-state index in [1.54, 1.807) is 60.9 Å². The third-order valence-corrected chi connectivity index (χ3v) is 7.20. The van der Waals surface area contributed by atoms with E-state index in [2.05, 4.69) is 20.6 Å². The molecule has 0 radical (unpaired) electrons. The number of pyridine rings is 2. The van der Waals surface area contributed by atoms with Crippen LogP contribution >= 0.6 is 23.2 Å². The Morgan fingerprint density at radius 1 is 0.525 bits per heavy atom. The van der Waals surface area contributed by atoms with Crippen LogP contribution in [0.1, 0.15) is 20.7 Å². The summed E-state index contributed by atoms with van der Waals surface area (Å²) in [6.45, 7) is 0. The monoisotopic (exact) mass is 562 g/mol. The number of hydrogen-bond acceptors (Lipinski definition) is 4. The second kappa shape index (κ2) is 10.8. The molecule has 0 aliphatic rings. The summed E-state index contributed by atoms with van der Waals surface area (Å²) in [5.74, 6) is -0.792. The number of nitrogens with zero attached hydrogens (tertiary/aromatic N) is 2. The maximum Gasteiger partial charge on any atom is 0.257 e. The molecule has 0 bridgehead atoms. The first-order valence-corrected chi connectivity index (χ1v) is 13.1. The van der Waals surface area contributed by atoms with Gasteiger partial charge < -0.3 is 10.6 Å². The fraction of sp³-hybridized carbons (Fsp3) is 0. The summed E-state index contributed by atoms with van der Waals surface area (Å²) in [7, 11) is 0. The standard InChI is InChI=1S/C32H20Cl2N4O2/c33-23-11-3-7-15-27(23)37-31(39)29-19-9-1-5-13-25(19)35-17-21(29)22-18-36-26-14-6-2-10-20(26)30(22)32(40)38-28-16-8-4-12-24(28)34/h1-18H,(H,37,39)(H,38,40). The zero-order valence-corrected chi connectivity index (χ0v) is 22.4. The average Bonchev–Trinajstić information content (AvgIpc) is 2.98. The highest BCUT2D eigenvalue weighted by Gasteiger charge is 2.25. The Kier molecular flexibility index (Phi) is 6.86. The first-order valence-electron chi connectivity index (χ1n) is 12.4. The Morgan fingerprint density at radius 2 is 0.900 bits per heavy atom. The summed E-state index contributed by atoms with van der Waals surface area (Å²) < 4.78 is 0. The molecule has 6 aromatic rings. The smallest absolute Gasteiger partial charge is 0.257 e. The van der Waals surface area contributed by atoms with Crippen LogP contribution in [-0.4, -0.2) is 21.8 Å². The van der Waals surface area contributed by atoms with Crippen molar-refractivity contribution in [1.29, 1.82) is 0 Å². The second-order valence-electron chi connectivity index (χ2n) is 9.00. The summed E-state index contributed by atoms with van der Waals surface area (Å²) in [6, 6.07) is 28.7. The number of anilines is 2. The van der Waals surface area contributed by atoms with E-state index >= 15 is 0 Å². The highest BCUT2D eigenvalue weighted by atomic mass is 35.5. The molecule has 0 fully saturated rings. The van der Waals surface area contributed by atoms with Gasteiger partial charge in [0.15, 0.2) is 0 Å². The van der Waals surface area contributed by atoms with E-state index in [-0.39, 0.29) is 0 Å². The lowest BCUT2D eigenvalue weighted by molar-refractivity contribution is 0.101. The number of nitrogens with one attached hydrogen (secondary N) is 2. The van der Waals surface area contributed by atoms with E-state index in [0.29, 0.717) is 65.5 Å². The van der Waals surface area contributed by atoms with Crippen LogP contribution in [0.3, 0.4) is 0 Å². The Balaban J connectivity index is 1.58. The van der Waals surface area contributed by atoms with Crippen molar-refractivity contribution in [3.63, 3.8) is 0 Å². The molecule has 2 heterocycles. The number of para-hydroxylation sites is 4. The van der Waals surface area contributed by atoms with Gasteiger partial charge in [0.1, 0.15) is 0 Å². The quantitative estimate of drug-likeness (QED) is 0.221. The minimum absolute atomic E-state index is 0.342. The molecule has 6 rings (SSSR count). The molecule has 6 nitrogen and oxygen atoms in total. The molecule has 0 unspecified atom stereocenters. The number of fused-ring (bicyclic) bond motifs is 2. The van der Waals surface area contributed by atoms with Gasteiger partial charge in [-0.25, -0.2) is 0 Å². The number of halogens is 2. The van der Waals surface area contributed by atoms with E-state index < -0.39 is 11.8 Å². The summed E-state index contributed by atoms with van der Waals surface area (Å²) in [4.78, 5) is 37.1. The van der Waals surface area contributed by atoms with E-state index in [9.17, 15) is 9.59 Å². The van der Waals surface area contributed by atoms with Crippen molar-refractivity contribution in [2.24, 2.45) is 0 Å². The predicted octanol–water partition coefficient (Wildman–Crippen LogP) is 8.26. The van der Waals surface area contributed by atoms with Gasteiger partial charge in [-0.2, -0.15) is 0 Å². The van der Waals surface area contributed by atoms with Crippen LogP contribution in [0.4, 0.5) is 11.4 Å². The van der Waals surface area contributed by atoms with Crippen molar-refractivity contribution < 1.29 is 9.59 Å². The summed E-state index contributed by atoms with van der Waals surface area (Å²) in [5, 5.41) is 7.90. The van der Waals surface area contributed by atoms with E-state index in [4.69, 9.17) is 23.2 Å². The Labute approximate surface area is 239 Å². The number of rotatable bonds is 5. The maximum atomic E-state index is 13.9. The fourth-order valence-electron chi connectivity index (χ4n) is 4.68. The number of carbonyl (C=O) groups excluding carboxylic acids is 2. The van der Waals surface area contributed by atoms with Crippen molar-refractivity contribution in [2.75, 3.05) is 10.6 Å². The van der Waals surface area contributed by atoms with E-state index in [1.165, 1.54) is 0 Å². The first-order chi connectivity index (χ1) is 19.5. The zero-order valence-electron chi connectivity index (χ0n) is 20.9. The SMILES string of the molecule is O=C(Nc1ccccc1Cl)c1c(-c2cnc3ccccc3c2C(=O)Nc2ccccc2Cl)cnc2ccccc12. The lowest BCUT2D eigenvalue weighted by Gasteiger charge is -2.17. The minimum atomic E-state index is -0.396. The summed E-state index contributed by atoms with van der Waals surface area (Å²) in [6.07, 6.45) is 3.20. The predicted molar refractivity (Wildman–Crippen MR) is 161 cm³/mol. The lowest BCUT2D eigenvalue weighted by Crippen LogP contribution is -2.17. The van der Waals surface area contributed by atoms with Gasteiger partial charge in [-0.15, -0.1) is 0 Å². The Hall–Kier alpha value is -4.78. The van der Waals surface area contributed by atoms with Gasteiger partial charge >= 0.3 is 0 Å². The Morgan fingerprint density at radius 3 is 1.32 bits per heavy atom. The van der Waals surface area contributed by atoms with Gasteiger partial charge in [-0.3, -0.25) is 19.6 Å². The van der Waals surface area contributed by atoms with Crippen molar-refractivity contribution in [3.8, 4) is 11.1 Å². The van der Waals surface area contributed by atoms with Gasteiger partial charge in [0.25, 0.3) is 11.8 Å². The molecule has 4 aromatic carbocycles. The maximum absolute atomic E-state index is 13.9. The van der Waals surface area contributed by atoms with Crippen molar-refractivity contribution in [2.45, 2.75) is 0 Å². The average molecular weight is 563 g/mol. The fourth-order valence-corrected chi connectivity index (χ4v) is 5.04. The van der Waals surface area contributed by atoms with E-state index in [0.717, 1.165) is 0 Å². The highest BCUT2D eigenvalue weighted by molar-refractivity contribution is 6.35. The third kappa shape index (κ3) is 4.75. The van der Waals surface area contributed by atoms with E-state index in [1.807, 2.05) is 48.5 Å². The molecule has 2 aromatic heterocycles. The highest BCUT2D eigenvalue weighted by Crippen LogP contribution is 2.36. The number of benzene rings is 4. The van der Waals surface area contributed by atoms with Gasteiger partial charge in [-0.1, -0.05) is 83.9 Å². The lowest BCUT2D eigenvalue weighted by atomic mass is 9.92. The van der Waals surface area contributed by atoms with Crippen molar-refractivity contribution in [3.05, 3.63) is 131 Å².